The first-order chi connectivity index (χ1) is 14.5. The Morgan fingerprint density at radius 3 is 2.53 bits per heavy atom. The van der Waals surface area contributed by atoms with E-state index in [1.165, 1.54) is 44.2 Å². The van der Waals surface area contributed by atoms with Gasteiger partial charge in [-0.2, -0.15) is 0 Å². The zero-order chi connectivity index (χ0) is 21.1. The van der Waals surface area contributed by atoms with Gasteiger partial charge >= 0.3 is 0 Å². The largest absolute Gasteiger partial charge is 0.356 e. The van der Waals surface area contributed by atoms with E-state index < -0.39 is 6.17 Å². The smallest absolute Gasteiger partial charge is 0.256 e. The maximum absolute atomic E-state index is 13.7. The van der Waals surface area contributed by atoms with E-state index in [0.29, 0.717) is 34.4 Å². The van der Waals surface area contributed by atoms with Gasteiger partial charge in [-0.15, -0.1) is 0 Å². The van der Waals surface area contributed by atoms with Crippen LogP contribution in [0.3, 0.4) is 0 Å². The minimum atomic E-state index is -0.473. The van der Waals surface area contributed by atoms with Gasteiger partial charge in [0.25, 0.3) is 5.91 Å². The first-order valence-corrected chi connectivity index (χ1v) is 11.2. The number of amides is 1. The lowest BCUT2D eigenvalue weighted by molar-refractivity contribution is 0.0941. The van der Waals surface area contributed by atoms with E-state index in [4.69, 9.17) is 10.7 Å². The van der Waals surface area contributed by atoms with Gasteiger partial charge < -0.3 is 21.3 Å². The number of nitrogens with one attached hydrogen (secondary N) is 2. The third-order valence-electron chi connectivity index (χ3n) is 6.23. The normalized spacial score (nSPS) is 19.8. The molecule has 1 aliphatic carbocycles. The minimum Gasteiger partial charge on any atom is -0.356 e. The highest BCUT2D eigenvalue weighted by atomic mass is 19.1. The molecule has 1 amide bonds. The van der Waals surface area contributed by atoms with Crippen LogP contribution in [0.25, 0.3) is 10.9 Å². The Hall–Kier alpha value is -2.25. The molecule has 4 N–H and O–H groups in total. The maximum Gasteiger partial charge on any atom is 0.256 e. The van der Waals surface area contributed by atoms with Gasteiger partial charge in [0.15, 0.2) is 0 Å². The second kappa shape index (κ2) is 9.27. The number of aromatic nitrogens is 1. The molecule has 0 spiro atoms. The highest BCUT2D eigenvalue weighted by molar-refractivity contribution is 6.02. The molecule has 162 valence electrons. The third-order valence-corrected chi connectivity index (χ3v) is 6.23. The molecule has 1 aromatic heterocycles. The zero-order valence-electron chi connectivity index (χ0n) is 17.7. The number of benzene rings is 1. The summed E-state index contributed by atoms with van der Waals surface area (Å²) < 4.78 is 13.7. The van der Waals surface area contributed by atoms with Crippen LogP contribution in [0.15, 0.2) is 24.3 Å². The van der Waals surface area contributed by atoms with Crippen LogP contribution in [0.5, 0.6) is 0 Å². The number of carbonyl (C=O) groups is 1. The molecule has 6 nitrogen and oxygen atoms in total. The third kappa shape index (κ3) is 4.90. The second-order valence-corrected chi connectivity index (χ2v) is 8.72. The van der Waals surface area contributed by atoms with E-state index in [9.17, 15) is 9.18 Å². The van der Waals surface area contributed by atoms with Crippen molar-refractivity contribution in [2.45, 2.75) is 70.1 Å². The van der Waals surface area contributed by atoms with Crippen LogP contribution in [-0.2, 0) is 0 Å². The van der Waals surface area contributed by atoms with Crippen molar-refractivity contribution in [1.82, 2.24) is 15.6 Å². The van der Waals surface area contributed by atoms with E-state index in [-0.39, 0.29) is 11.7 Å². The summed E-state index contributed by atoms with van der Waals surface area (Å²) in [6.45, 7) is 3.39. The number of anilines is 1. The molecule has 1 atom stereocenters. The lowest BCUT2D eigenvalue weighted by atomic mass is 9.93. The van der Waals surface area contributed by atoms with Crippen molar-refractivity contribution < 1.29 is 9.18 Å². The summed E-state index contributed by atoms with van der Waals surface area (Å²) in [5, 5.41) is 7.20. The number of piperidine rings is 1. The van der Waals surface area contributed by atoms with E-state index in [1.807, 2.05) is 0 Å². The predicted molar refractivity (Wildman–Crippen MR) is 118 cm³/mol. The first kappa shape index (κ1) is 21.0. The number of carbonyl (C=O) groups excluding carboxylic acids is 1. The average Bonchev–Trinajstić information content (AvgIpc) is 2.73. The topological polar surface area (TPSA) is 83.3 Å². The van der Waals surface area contributed by atoms with Crippen LogP contribution in [0.1, 0.15) is 62.2 Å². The Morgan fingerprint density at radius 2 is 1.83 bits per heavy atom. The number of fused-ring (bicyclic) bond motifs is 1. The monoisotopic (exact) mass is 413 g/mol. The summed E-state index contributed by atoms with van der Waals surface area (Å²) in [7, 11) is 0. The number of hydrogen-bond donors (Lipinski definition) is 3. The molecular formula is C23H32FN5O. The van der Waals surface area contributed by atoms with Crippen LogP contribution >= 0.6 is 0 Å². The lowest BCUT2D eigenvalue weighted by Crippen LogP contribution is -2.47. The molecule has 0 bridgehead atoms. The molecule has 0 radical (unpaired) electrons. The quantitative estimate of drug-likeness (QED) is 0.655. The van der Waals surface area contributed by atoms with Crippen LogP contribution in [0.4, 0.5) is 10.2 Å². The van der Waals surface area contributed by atoms with Gasteiger partial charge in [0.1, 0.15) is 11.6 Å². The summed E-state index contributed by atoms with van der Waals surface area (Å²) in [5.41, 5.74) is 6.90. The van der Waals surface area contributed by atoms with Gasteiger partial charge in [-0.3, -0.25) is 4.79 Å². The van der Waals surface area contributed by atoms with E-state index in [2.05, 4.69) is 15.5 Å². The Bertz CT molecular complexity index is 889. The van der Waals surface area contributed by atoms with Crippen molar-refractivity contribution in [2.24, 2.45) is 5.73 Å². The minimum absolute atomic E-state index is 0.277. The molecule has 4 rings (SSSR count). The number of nitrogens with zero attached hydrogens (tertiary/aromatic N) is 2. The number of pyridine rings is 1. The molecule has 2 aromatic rings. The van der Waals surface area contributed by atoms with Gasteiger partial charge in [0.05, 0.1) is 17.2 Å². The van der Waals surface area contributed by atoms with E-state index >= 15 is 0 Å². The van der Waals surface area contributed by atoms with Crippen LogP contribution in [-0.4, -0.2) is 42.2 Å². The molecule has 2 fully saturated rings. The molecular weight excluding hydrogens is 381 g/mol. The molecule has 2 heterocycles. The summed E-state index contributed by atoms with van der Waals surface area (Å²) in [6.07, 6.45) is 8.16. The van der Waals surface area contributed by atoms with Crippen molar-refractivity contribution in [3.8, 4) is 0 Å². The van der Waals surface area contributed by atoms with Gasteiger partial charge in [-0.05, 0) is 56.9 Å². The van der Waals surface area contributed by atoms with Crippen LogP contribution in [0.2, 0.25) is 0 Å². The molecule has 1 aromatic carbocycles. The molecule has 1 unspecified atom stereocenters. The van der Waals surface area contributed by atoms with Crippen molar-refractivity contribution in [3.63, 3.8) is 0 Å². The second-order valence-electron chi connectivity index (χ2n) is 8.72. The Kier molecular flexibility index (Phi) is 6.49. The summed E-state index contributed by atoms with van der Waals surface area (Å²) in [5.74, 6) is 0.0368. The van der Waals surface area contributed by atoms with Gasteiger partial charge in [-0.1, -0.05) is 19.3 Å². The summed E-state index contributed by atoms with van der Waals surface area (Å²) >= 11 is 0. The van der Waals surface area contributed by atoms with Crippen LogP contribution < -0.4 is 21.3 Å². The van der Waals surface area contributed by atoms with Gasteiger partial charge in [0.2, 0.25) is 0 Å². The highest BCUT2D eigenvalue weighted by Crippen LogP contribution is 2.28. The number of halogens is 1. The Balaban J connectivity index is 1.53. The SMILES string of the molecule is CC(N)NC(=O)c1cc2cc(F)ccc2nc1N1CCC(NC2CCCCC2)CC1. The molecule has 1 saturated heterocycles. The standard InChI is InChI=1S/C23H32FN5O/c1-15(25)26-23(30)20-14-16-13-17(24)7-8-21(16)28-22(20)29-11-9-19(10-12-29)27-18-5-3-2-4-6-18/h7-8,13-15,18-19,27H,2-6,9-12,25H2,1H3,(H,26,30). The highest BCUT2D eigenvalue weighted by Gasteiger charge is 2.26. The lowest BCUT2D eigenvalue weighted by Gasteiger charge is -2.36. The van der Waals surface area contributed by atoms with Crippen molar-refractivity contribution >= 4 is 22.6 Å². The van der Waals surface area contributed by atoms with E-state index in [1.54, 1.807) is 19.1 Å². The molecule has 30 heavy (non-hydrogen) atoms. The van der Waals surface area contributed by atoms with E-state index in [0.717, 1.165) is 25.9 Å². The fourth-order valence-corrected chi connectivity index (χ4v) is 4.69. The average molecular weight is 414 g/mol. The zero-order valence-corrected chi connectivity index (χ0v) is 17.7. The Morgan fingerprint density at radius 1 is 1.13 bits per heavy atom. The number of nitrogens with two attached hydrogens (primary N) is 1. The summed E-state index contributed by atoms with van der Waals surface area (Å²) in [4.78, 5) is 19.7. The van der Waals surface area contributed by atoms with Crippen LogP contribution in [0, 0.1) is 5.82 Å². The fourth-order valence-electron chi connectivity index (χ4n) is 4.69. The maximum atomic E-state index is 13.7. The first-order valence-electron chi connectivity index (χ1n) is 11.2. The molecule has 1 aliphatic heterocycles. The van der Waals surface area contributed by atoms with Crippen molar-refractivity contribution in [1.29, 1.82) is 0 Å². The molecule has 7 heteroatoms. The van der Waals surface area contributed by atoms with Gasteiger partial charge in [0, 0.05) is 30.6 Å². The fraction of sp³-hybridized carbons (Fsp3) is 0.565. The predicted octanol–water partition coefficient (Wildman–Crippen LogP) is 3.30. The number of hydrogen-bond acceptors (Lipinski definition) is 5. The Labute approximate surface area is 177 Å². The van der Waals surface area contributed by atoms with Crippen molar-refractivity contribution in [3.05, 3.63) is 35.6 Å². The molecule has 2 aliphatic rings. The molecule has 1 saturated carbocycles. The summed E-state index contributed by atoms with van der Waals surface area (Å²) in [6, 6.07) is 7.37. The van der Waals surface area contributed by atoms with Crippen molar-refractivity contribution in [2.75, 3.05) is 18.0 Å². The number of rotatable bonds is 5. The van der Waals surface area contributed by atoms with Gasteiger partial charge in [-0.25, -0.2) is 9.37 Å².